The molecule has 0 heterocycles. The second-order valence-corrected chi connectivity index (χ2v) is 8.24. The smallest absolute Gasteiger partial charge is 0.328 e. The van der Waals surface area contributed by atoms with Crippen LogP contribution in [0.3, 0.4) is 0 Å². The van der Waals surface area contributed by atoms with Crippen LogP contribution in [-0.2, 0) is 22.4 Å². The molecule has 2 rings (SSSR count). The number of rotatable bonds is 13. The highest BCUT2D eigenvalue weighted by molar-refractivity contribution is 5.88. The fourth-order valence-corrected chi connectivity index (χ4v) is 3.80. The summed E-state index contributed by atoms with van der Waals surface area (Å²) >= 11 is 0. The summed E-state index contributed by atoms with van der Waals surface area (Å²) in [6.45, 7) is 5.12. The lowest BCUT2D eigenvalue weighted by Crippen LogP contribution is -2.73. The van der Waals surface area contributed by atoms with Crippen molar-refractivity contribution in [2.75, 3.05) is 13.7 Å². The highest BCUT2D eigenvalue weighted by Crippen LogP contribution is 2.30. The maximum atomic E-state index is 9.53. The van der Waals surface area contributed by atoms with Crippen molar-refractivity contribution in [3.8, 4) is 11.5 Å². The third kappa shape index (κ3) is 11.5. The first-order valence-electron chi connectivity index (χ1n) is 11.5. The molecule has 0 amide bonds. The first kappa shape index (κ1) is 28.7. The van der Waals surface area contributed by atoms with Gasteiger partial charge in [0.1, 0.15) is 0 Å². The molecule has 186 valence electrons. The SMILES string of the molecule is CCCC([NH3+])(CCC)Cc1ccc(OC)c(OCCc2ccccc2)c1.O=C([O-])/C=C/C(=O)O. The molecule has 34 heavy (non-hydrogen) atoms. The Labute approximate surface area is 202 Å². The van der Waals surface area contributed by atoms with E-state index in [1.54, 1.807) is 7.11 Å². The van der Waals surface area contributed by atoms with Crippen molar-refractivity contribution < 1.29 is 35.0 Å². The maximum absolute atomic E-state index is 9.53. The standard InChI is InChI=1S/C23H33NO2.C4H4O4/c1-4-14-23(24,15-5-2)18-20-11-12-21(25-3)22(17-20)26-16-13-19-9-7-6-8-10-19;5-3(6)1-2-4(7)8/h6-12,17H,4-5,13-16,18,24H2,1-3H3;1-2H,(H,5,6)(H,7,8)/b;2-1+. The van der Waals surface area contributed by atoms with E-state index in [1.807, 2.05) is 12.1 Å². The van der Waals surface area contributed by atoms with Gasteiger partial charge in [0, 0.05) is 31.8 Å². The number of hydrogen-bond donors (Lipinski definition) is 2. The zero-order valence-corrected chi connectivity index (χ0v) is 20.4. The quantitative estimate of drug-likeness (QED) is 0.433. The minimum Gasteiger partial charge on any atom is -0.545 e. The van der Waals surface area contributed by atoms with E-state index < -0.39 is 11.9 Å². The van der Waals surface area contributed by atoms with Crippen LogP contribution < -0.4 is 20.3 Å². The molecule has 2 aromatic rings. The van der Waals surface area contributed by atoms with Gasteiger partial charge in [-0.25, -0.2) is 4.79 Å². The molecule has 0 atom stereocenters. The molecule has 0 bridgehead atoms. The third-order valence-electron chi connectivity index (χ3n) is 5.22. The fourth-order valence-electron chi connectivity index (χ4n) is 3.80. The zero-order valence-electron chi connectivity index (χ0n) is 20.4. The number of carbonyl (C=O) groups is 2. The first-order chi connectivity index (χ1) is 16.2. The Morgan fingerprint density at radius 1 is 1.00 bits per heavy atom. The molecular formula is C27H37NO6. The van der Waals surface area contributed by atoms with E-state index in [1.165, 1.54) is 24.0 Å². The largest absolute Gasteiger partial charge is 0.545 e. The lowest BCUT2D eigenvalue weighted by Gasteiger charge is -2.25. The molecule has 7 nitrogen and oxygen atoms in total. The number of ether oxygens (including phenoxy) is 2. The van der Waals surface area contributed by atoms with Crippen molar-refractivity contribution in [2.24, 2.45) is 0 Å². The van der Waals surface area contributed by atoms with E-state index in [2.05, 4.69) is 56.0 Å². The predicted molar refractivity (Wildman–Crippen MR) is 130 cm³/mol. The summed E-state index contributed by atoms with van der Waals surface area (Å²) in [6.07, 6.45) is 7.44. The molecule has 0 aliphatic rings. The van der Waals surface area contributed by atoms with Crippen LogP contribution in [0.1, 0.15) is 50.7 Å². The maximum Gasteiger partial charge on any atom is 0.328 e. The van der Waals surface area contributed by atoms with Gasteiger partial charge in [0.2, 0.25) is 0 Å². The van der Waals surface area contributed by atoms with Crippen molar-refractivity contribution in [1.29, 1.82) is 0 Å². The molecule has 0 aliphatic heterocycles. The van der Waals surface area contributed by atoms with Crippen molar-refractivity contribution in [3.05, 3.63) is 71.8 Å². The van der Waals surface area contributed by atoms with Crippen LogP contribution in [-0.4, -0.2) is 36.3 Å². The fraction of sp³-hybridized carbons (Fsp3) is 0.407. The Kier molecular flexibility index (Phi) is 13.1. The zero-order chi connectivity index (χ0) is 25.4. The summed E-state index contributed by atoms with van der Waals surface area (Å²) in [4.78, 5) is 19.0. The van der Waals surface area contributed by atoms with E-state index >= 15 is 0 Å². The summed E-state index contributed by atoms with van der Waals surface area (Å²) < 4.78 is 11.5. The van der Waals surface area contributed by atoms with Crippen LogP contribution in [0.5, 0.6) is 11.5 Å². The van der Waals surface area contributed by atoms with Crippen LogP contribution in [0.4, 0.5) is 0 Å². The molecule has 0 fully saturated rings. The number of hydrogen-bond acceptors (Lipinski definition) is 5. The van der Waals surface area contributed by atoms with E-state index in [9.17, 15) is 14.7 Å². The van der Waals surface area contributed by atoms with E-state index in [4.69, 9.17) is 14.6 Å². The number of benzene rings is 2. The average molecular weight is 472 g/mol. The van der Waals surface area contributed by atoms with Gasteiger partial charge in [0.25, 0.3) is 0 Å². The normalized spacial score (nSPS) is 10.9. The molecule has 2 aromatic carbocycles. The van der Waals surface area contributed by atoms with Gasteiger partial charge in [-0.05, 0) is 29.3 Å². The van der Waals surface area contributed by atoms with Crippen LogP contribution >= 0.6 is 0 Å². The van der Waals surface area contributed by atoms with Crippen LogP contribution in [0.2, 0.25) is 0 Å². The number of carboxylic acid groups (broad SMARTS) is 2. The lowest BCUT2D eigenvalue weighted by molar-refractivity contribution is -0.481. The van der Waals surface area contributed by atoms with Crippen molar-refractivity contribution in [3.63, 3.8) is 0 Å². The molecule has 7 heteroatoms. The molecule has 4 N–H and O–H groups in total. The number of methoxy groups -OCH3 is 1. The minimum atomic E-state index is -1.51. The number of carboxylic acids is 2. The Morgan fingerprint density at radius 3 is 2.15 bits per heavy atom. The Hall–Kier alpha value is -3.32. The van der Waals surface area contributed by atoms with Gasteiger partial charge in [-0.2, -0.15) is 0 Å². The van der Waals surface area contributed by atoms with Gasteiger partial charge in [-0.1, -0.05) is 63.1 Å². The van der Waals surface area contributed by atoms with Gasteiger partial charge >= 0.3 is 5.97 Å². The van der Waals surface area contributed by atoms with Crippen molar-refractivity contribution in [1.82, 2.24) is 0 Å². The predicted octanol–water partition coefficient (Wildman–Crippen LogP) is 2.82. The van der Waals surface area contributed by atoms with E-state index in [-0.39, 0.29) is 5.54 Å². The number of carbonyl (C=O) groups excluding carboxylic acids is 1. The third-order valence-corrected chi connectivity index (χ3v) is 5.22. The van der Waals surface area contributed by atoms with Crippen molar-refractivity contribution in [2.45, 2.75) is 57.9 Å². The van der Waals surface area contributed by atoms with Gasteiger partial charge in [-0.3, -0.25) is 0 Å². The highest BCUT2D eigenvalue weighted by Gasteiger charge is 2.28. The van der Waals surface area contributed by atoms with E-state index in [0.717, 1.165) is 37.2 Å². The number of quaternary nitrogens is 1. The Bertz CT molecular complexity index is 889. The van der Waals surface area contributed by atoms with Gasteiger partial charge in [0.15, 0.2) is 11.5 Å². The Balaban J connectivity index is 0.000000620. The summed E-state index contributed by atoms with van der Waals surface area (Å²) in [7, 11) is 1.69. The molecule has 0 saturated carbocycles. The topological polar surface area (TPSA) is 124 Å². The molecular weight excluding hydrogens is 434 g/mol. The molecule has 0 radical (unpaired) electrons. The van der Waals surface area contributed by atoms with Gasteiger partial charge in [-0.15, -0.1) is 0 Å². The molecule has 0 aliphatic carbocycles. The summed E-state index contributed by atoms with van der Waals surface area (Å²) in [6, 6.07) is 16.7. The van der Waals surface area contributed by atoms with Crippen LogP contribution in [0.15, 0.2) is 60.7 Å². The minimum absolute atomic E-state index is 0.111. The second kappa shape index (κ2) is 15.5. The second-order valence-electron chi connectivity index (χ2n) is 8.24. The van der Waals surface area contributed by atoms with Crippen LogP contribution in [0, 0.1) is 0 Å². The molecule has 0 spiro atoms. The Morgan fingerprint density at radius 2 is 1.65 bits per heavy atom. The summed E-state index contributed by atoms with van der Waals surface area (Å²) in [5, 5.41) is 17.2. The lowest BCUT2D eigenvalue weighted by atomic mass is 9.83. The molecule has 0 unspecified atom stereocenters. The number of aliphatic carboxylic acids is 2. The first-order valence-corrected chi connectivity index (χ1v) is 11.5. The summed E-state index contributed by atoms with van der Waals surface area (Å²) in [5.41, 5.74) is 7.21. The molecule has 0 saturated heterocycles. The average Bonchev–Trinajstić information content (AvgIpc) is 2.79. The van der Waals surface area contributed by atoms with Gasteiger partial charge < -0.3 is 30.2 Å². The van der Waals surface area contributed by atoms with E-state index in [0.29, 0.717) is 18.8 Å². The summed E-state index contributed by atoms with van der Waals surface area (Å²) in [5.74, 6) is -1.18. The van der Waals surface area contributed by atoms with Crippen molar-refractivity contribution >= 4 is 11.9 Å². The molecule has 0 aromatic heterocycles. The monoisotopic (exact) mass is 471 g/mol. The van der Waals surface area contributed by atoms with Gasteiger partial charge in [0.05, 0.1) is 25.2 Å². The highest BCUT2D eigenvalue weighted by atomic mass is 16.5. The van der Waals surface area contributed by atoms with Crippen LogP contribution in [0.25, 0.3) is 0 Å².